The molecule has 1 aromatic rings. The largest absolute Gasteiger partial charge is 0.323 e. The fraction of sp³-hybridized carbons (Fsp3) is 0.333. The number of nitrogens with two attached hydrogens (primary N) is 1. The highest BCUT2D eigenvalue weighted by atomic mass is 15.1. The second kappa shape index (κ2) is 10.4. The molecule has 0 amide bonds. The van der Waals surface area contributed by atoms with Gasteiger partial charge < -0.3 is 5.84 Å². The van der Waals surface area contributed by atoms with Gasteiger partial charge in [-0.15, -0.1) is 0 Å². The number of hydrazone groups is 1. The van der Waals surface area contributed by atoms with Gasteiger partial charge in [0.2, 0.25) is 0 Å². The molecule has 0 spiro atoms. The molecule has 2 N–H and O–H groups in total. The molecule has 0 unspecified atom stereocenters. The van der Waals surface area contributed by atoms with Gasteiger partial charge in [-0.3, -0.25) is 4.98 Å². The van der Waals surface area contributed by atoms with Gasteiger partial charge in [-0.1, -0.05) is 38.8 Å². The Kier molecular flexibility index (Phi) is 9.30. The Morgan fingerprint density at radius 1 is 1.40 bits per heavy atom. The van der Waals surface area contributed by atoms with Gasteiger partial charge in [0.1, 0.15) is 0 Å². The van der Waals surface area contributed by atoms with Crippen LogP contribution in [-0.2, 0) is 0 Å². The van der Waals surface area contributed by atoms with E-state index in [0.717, 1.165) is 5.56 Å². The molecule has 1 heterocycles. The molecule has 0 aliphatic carbocycles. The first kappa shape index (κ1) is 13.4. The summed E-state index contributed by atoms with van der Waals surface area (Å²) in [5.41, 5.74) is 1.03. The van der Waals surface area contributed by atoms with Gasteiger partial charge in [0.05, 0.1) is 0 Å². The highest BCUT2D eigenvalue weighted by Gasteiger charge is 1.80. The molecule has 3 heteroatoms. The molecule has 0 fully saturated rings. The summed E-state index contributed by atoms with van der Waals surface area (Å²) in [5, 5.41) is 3.32. The minimum Gasteiger partial charge on any atom is -0.323 e. The van der Waals surface area contributed by atoms with Crippen LogP contribution in [0.25, 0.3) is 6.08 Å². The molecule has 0 bridgehead atoms. The number of hydrogen-bond acceptors (Lipinski definition) is 3. The maximum absolute atomic E-state index is 4.90. The predicted molar refractivity (Wildman–Crippen MR) is 66.5 cm³/mol. The standard InChI is InChI=1S/C8H9N3.C4H10/c9-11-6-2-4-8-3-1-5-10-7-8;1-3-4-2/h1-7H,9H2;3-4H2,1-2H3/b4-2+,11-6-;. The van der Waals surface area contributed by atoms with E-state index in [0.29, 0.717) is 0 Å². The lowest BCUT2D eigenvalue weighted by atomic mass is 10.3. The SMILES string of the molecule is CCCC.N/N=C\C=C\c1cccnc1. The van der Waals surface area contributed by atoms with Crippen molar-refractivity contribution in [1.82, 2.24) is 4.98 Å². The lowest BCUT2D eigenvalue weighted by Crippen LogP contribution is -1.78. The van der Waals surface area contributed by atoms with E-state index in [1.807, 2.05) is 18.2 Å². The highest BCUT2D eigenvalue weighted by molar-refractivity contribution is 5.77. The maximum Gasteiger partial charge on any atom is 0.0465 e. The van der Waals surface area contributed by atoms with Crippen molar-refractivity contribution in [2.45, 2.75) is 26.7 Å². The summed E-state index contributed by atoms with van der Waals surface area (Å²) < 4.78 is 0. The zero-order chi connectivity index (χ0) is 11.4. The topological polar surface area (TPSA) is 51.3 Å². The third-order valence-corrected chi connectivity index (χ3v) is 1.65. The Hall–Kier alpha value is -1.64. The predicted octanol–water partition coefficient (Wildman–Crippen LogP) is 2.85. The van der Waals surface area contributed by atoms with Crippen LogP contribution in [0.15, 0.2) is 35.7 Å². The first-order valence-electron chi connectivity index (χ1n) is 5.15. The van der Waals surface area contributed by atoms with Crippen molar-refractivity contribution in [3.8, 4) is 0 Å². The fourth-order valence-electron chi connectivity index (χ4n) is 0.678. The molecule has 0 radical (unpaired) electrons. The van der Waals surface area contributed by atoms with Crippen molar-refractivity contribution in [3.63, 3.8) is 0 Å². The van der Waals surface area contributed by atoms with Gasteiger partial charge in [0.25, 0.3) is 0 Å². The molecule has 15 heavy (non-hydrogen) atoms. The molecule has 0 saturated heterocycles. The number of pyridine rings is 1. The Morgan fingerprint density at radius 3 is 2.60 bits per heavy atom. The molecular formula is C12H19N3. The van der Waals surface area contributed by atoms with Gasteiger partial charge in [-0.2, -0.15) is 5.10 Å². The third kappa shape index (κ3) is 8.68. The summed E-state index contributed by atoms with van der Waals surface area (Å²) in [6.45, 7) is 4.36. The van der Waals surface area contributed by atoms with E-state index in [2.05, 4.69) is 23.9 Å². The van der Waals surface area contributed by atoms with Gasteiger partial charge in [0, 0.05) is 18.6 Å². The van der Waals surface area contributed by atoms with Crippen LogP contribution >= 0.6 is 0 Å². The lowest BCUT2D eigenvalue weighted by molar-refractivity contribution is 0.886. The smallest absolute Gasteiger partial charge is 0.0465 e. The van der Waals surface area contributed by atoms with Crippen LogP contribution in [0.4, 0.5) is 0 Å². The van der Waals surface area contributed by atoms with Gasteiger partial charge >= 0.3 is 0 Å². The quantitative estimate of drug-likeness (QED) is 0.468. The Morgan fingerprint density at radius 2 is 2.13 bits per heavy atom. The van der Waals surface area contributed by atoms with Gasteiger partial charge in [-0.25, -0.2) is 0 Å². The molecule has 0 atom stereocenters. The maximum atomic E-state index is 4.90. The third-order valence-electron chi connectivity index (χ3n) is 1.65. The second-order valence-electron chi connectivity index (χ2n) is 2.94. The molecular weight excluding hydrogens is 186 g/mol. The van der Waals surface area contributed by atoms with Crippen LogP contribution in [0, 0.1) is 0 Å². The summed E-state index contributed by atoms with van der Waals surface area (Å²) in [7, 11) is 0. The second-order valence-corrected chi connectivity index (χ2v) is 2.94. The van der Waals surface area contributed by atoms with Crippen LogP contribution in [-0.4, -0.2) is 11.2 Å². The first-order valence-corrected chi connectivity index (χ1v) is 5.15. The van der Waals surface area contributed by atoms with E-state index in [1.165, 1.54) is 19.1 Å². The first-order chi connectivity index (χ1) is 7.35. The Balaban J connectivity index is 0.000000423. The van der Waals surface area contributed by atoms with Crippen LogP contribution in [0.5, 0.6) is 0 Å². The normalized spacial score (nSPS) is 10.3. The van der Waals surface area contributed by atoms with Crippen LogP contribution in [0.2, 0.25) is 0 Å². The lowest BCUT2D eigenvalue weighted by Gasteiger charge is -1.86. The summed E-state index contributed by atoms with van der Waals surface area (Å²) in [4.78, 5) is 3.94. The molecule has 1 aromatic heterocycles. The van der Waals surface area contributed by atoms with E-state index in [1.54, 1.807) is 18.5 Å². The van der Waals surface area contributed by atoms with E-state index in [9.17, 15) is 0 Å². The molecule has 0 aromatic carbocycles. The molecule has 0 aliphatic rings. The van der Waals surface area contributed by atoms with Crippen molar-refractivity contribution in [2.24, 2.45) is 10.9 Å². The number of hydrogen-bond donors (Lipinski definition) is 1. The monoisotopic (exact) mass is 205 g/mol. The number of unbranched alkanes of at least 4 members (excludes halogenated alkanes) is 1. The number of rotatable bonds is 3. The average molecular weight is 205 g/mol. The fourth-order valence-corrected chi connectivity index (χ4v) is 0.678. The van der Waals surface area contributed by atoms with Crippen molar-refractivity contribution >= 4 is 12.3 Å². The van der Waals surface area contributed by atoms with Crippen molar-refractivity contribution in [1.29, 1.82) is 0 Å². The van der Waals surface area contributed by atoms with Crippen LogP contribution < -0.4 is 5.84 Å². The van der Waals surface area contributed by atoms with E-state index in [-0.39, 0.29) is 0 Å². The number of aromatic nitrogens is 1. The zero-order valence-corrected chi connectivity index (χ0v) is 9.43. The summed E-state index contributed by atoms with van der Waals surface area (Å²) in [6.07, 6.45) is 11.3. The molecule has 1 rings (SSSR count). The molecule has 3 nitrogen and oxygen atoms in total. The van der Waals surface area contributed by atoms with Crippen LogP contribution in [0.3, 0.4) is 0 Å². The molecule has 0 saturated carbocycles. The number of nitrogens with zero attached hydrogens (tertiary/aromatic N) is 2. The van der Waals surface area contributed by atoms with Gasteiger partial charge in [-0.05, 0) is 17.7 Å². The Bertz CT molecular complexity index is 276. The van der Waals surface area contributed by atoms with E-state index < -0.39 is 0 Å². The summed E-state index contributed by atoms with van der Waals surface area (Å²) in [5.74, 6) is 4.90. The van der Waals surface area contributed by atoms with E-state index in [4.69, 9.17) is 5.84 Å². The van der Waals surface area contributed by atoms with Crippen LogP contribution in [0.1, 0.15) is 32.3 Å². The minimum absolute atomic E-state index is 1.03. The molecule has 82 valence electrons. The van der Waals surface area contributed by atoms with E-state index >= 15 is 0 Å². The van der Waals surface area contributed by atoms with Crippen molar-refractivity contribution < 1.29 is 0 Å². The molecule has 0 aliphatic heterocycles. The zero-order valence-electron chi connectivity index (χ0n) is 9.43. The minimum atomic E-state index is 1.03. The summed E-state index contributed by atoms with van der Waals surface area (Å²) >= 11 is 0. The summed E-state index contributed by atoms with van der Waals surface area (Å²) in [6, 6.07) is 3.83. The van der Waals surface area contributed by atoms with Gasteiger partial charge in [0.15, 0.2) is 0 Å². The highest BCUT2D eigenvalue weighted by Crippen LogP contribution is 1.96. The Labute approximate surface area is 91.7 Å². The van der Waals surface area contributed by atoms with Crippen molar-refractivity contribution in [2.75, 3.05) is 0 Å². The van der Waals surface area contributed by atoms with Crippen molar-refractivity contribution in [3.05, 3.63) is 36.2 Å². The number of allylic oxidation sites excluding steroid dienone is 1. The average Bonchev–Trinajstić information content (AvgIpc) is 2.31.